The fourth-order valence-electron chi connectivity index (χ4n) is 1.44. The first-order valence-corrected chi connectivity index (χ1v) is 7.87. The quantitative estimate of drug-likeness (QED) is 0.615. The van der Waals surface area contributed by atoms with Gasteiger partial charge in [0.1, 0.15) is 0 Å². The van der Waals surface area contributed by atoms with Gasteiger partial charge in [0, 0.05) is 7.05 Å². The zero-order chi connectivity index (χ0) is 15.0. The number of hydrogen-bond acceptors (Lipinski definition) is 5. The average molecular weight is 313 g/mol. The van der Waals surface area contributed by atoms with Crippen molar-refractivity contribution < 1.29 is 14.4 Å². The van der Waals surface area contributed by atoms with E-state index >= 15 is 0 Å². The lowest BCUT2D eigenvalue weighted by molar-refractivity contribution is -0.180. The third-order valence-corrected chi connectivity index (χ3v) is 3.96. The van der Waals surface area contributed by atoms with Crippen molar-refractivity contribution in [3.8, 4) is 0 Å². The van der Waals surface area contributed by atoms with Gasteiger partial charge in [-0.1, -0.05) is 42.1 Å². The molecule has 1 aromatic carbocycles. The van der Waals surface area contributed by atoms with E-state index in [0.29, 0.717) is 10.9 Å². The lowest BCUT2D eigenvalue weighted by atomic mass is 10.2. The van der Waals surface area contributed by atoms with E-state index in [1.807, 2.05) is 36.6 Å². The van der Waals surface area contributed by atoms with E-state index in [0.717, 1.165) is 6.42 Å². The molecule has 1 atom stereocenters. The summed E-state index contributed by atoms with van der Waals surface area (Å²) in [6.45, 7) is 2.14. The molecule has 1 unspecified atom stereocenters. The van der Waals surface area contributed by atoms with Gasteiger partial charge in [-0.15, -0.1) is 0 Å². The summed E-state index contributed by atoms with van der Waals surface area (Å²) in [5.74, 6) is -0.447. The van der Waals surface area contributed by atoms with Crippen LogP contribution >= 0.6 is 24.0 Å². The molecule has 0 aliphatic carbocycles. The van der Waals surface area contributed by atoms with Gasteiger partial charge in [0.05, 0.1) is 6.61 Å². The van der Waals surface area contributed by atoms with Crippen LogP contribution in [-0.4, -0.2) is 41.4 Å². The van der Waals surface area contributed by atoms with Gasteiger partial charge in [-0.2, -0.15) is 5.06 Å². The van der Waals surface area contributed by atoms with Crippen molar-refractivity contribution in [1.29, 1.82) is 0 Å². The summed E-state index contributed by atoms with van der Waals surface area (Å²) < 4.78 is 5.97. The Labute approximate surface area is 129 Å². The Morgan fingerprint density at radius 1 is 1.40 bits per heavy atom. The maximum atomic E-state index is 11.8. The molecule has 0 amide bonds. The van der Waals surface area contributed by atoms with Crippen molar-refractivity contribution in [1.82, 2.24) is 5.06 Å². The second-order valence-corrected chi connectivity index (χ2v) is 5.57. The standard InChI is InChI=1S/C14H19NO3S2/c1-11(13(16)18-15(2)14(19)20-3)17-10-9-12-7-5-4-6-8-12/h4-8,11H,9-10H2,1-3H3. The zero-order valence-electron chi connectivity index (χ0n) is 11.9. The molecule has 0 bridgehead atoms. The highest BCUT2D eigenvalue weighted by atomic mass is 32.2. The minimum absolute atomic E-state index is 0.447. The monoisotopic (exact) mass is 313 g/mol. The second-order valence-electron chi connectivity index (χ2n) is 4.13. The number of carbonyl (C=O) groups excluding carboxylic acids is 1. The zero-order valence-corrected chi connectivity index (χ0v) is 13.5. The lowest BCUT2D eigenvalue weighted by Crippen LogP contribution is -2.33. The van der Waals surface area contributed by atoms with Crippen molar-refractivity contribution in [2.24, 2.45) is 0 Å². The highest BCUT2D eigenvalue weighted by Gasteiger charge is 2.18. The number of carbonyl (C=O) groups is 1. The average Bonchev–Trinajstić information content (AvgIpc) is 2.47. The number of benzene rings is 1. The number of thiocarbonyl (C=S) groups is 1. The molecule has 1 aromatic rings. The Morgan fingerprint density at radius 3 is 2.65 bits per heavy atom. The number of hydroxylamine groups is 2. The smallest absolute Gasteiger partial charge is 0.360 e. The van der Waals surface area contributed by atoms with Gasteiger partial charge in [0.15, 0.2) is 10.4 Å². The highest BCUT2D eigenvalue weighted by Crippen LogP contribution is 2.06. The van der Waals surface area contributed by atoms with Crippen molar-refractivity contribution >= 4 is 34.3 Å². The topological polar surface area (TPSA) is 38.8 Å². The van der Waals surface area contributed by atoms with Gasteiger partial charge in [0.25, 0.3) is 0 Å². The van der Waals surface area contributed by atoms with Gasteiger partial charge in [-0.05, 0) is 37.4 Å². The van der Waals surface area contributed by atoms with Crippen LogP contribution < -0.4 is 0 Å². The molecule has 0 heterocycles. The van der Waals surface area contributed by atoms with E-state index in [-0.39, 0.29) is 0 Å². The minimum atomic E-state index is -0.620. The maximum absolute atomic E-state index is 11.8. The summed E-state index contributed by atoms with van der Waals surface area (Å²) in [6.07, 6.45) is 1.97. The summed E-state index contributed by atoms with van der Waals surface area (Å²) >= 11 is 6.35. The molecule has 110 valence electrons. The molecule has 4 nitrogen and oxygen atoms in total. The number of rotatable bonds is 5. The second kappa shape index (κ2) is 8.94. The first-order chi connectivity index (χ1) is 9.54. The Bertz CT molecular complexity index is 439. The van der Waals surface area contributed by atoms with Crippen LogP contribution in [0.3, 0.4) is 0 Å². The van der Waals surface area contributed by atoms with E-state index in [9.17, 15) is 4.79 Å². The van der Waals surface area contributed by atoms with E-state index in [1.54, 1.807) is 14.0 Å². The van der Waals surface area contributed by atoms with Gasteiger partial charge >= 0.3 is 5.97 Å². The van der Waals surface area contributed by atoms with Crippen LogP contribution in [-0.2, 0) is 20.8 Å². The lowest BCUT2D eigenvalue weighted by Gasteiger charge is -2.19. The van der Waals surface area contributed by atoms with Crippen LogP contribution in [0.25, 0.3) is 0 Å². The molecule has 0 aliphatic heterocycles. The van der Waals surface area contributed by atoms with Crippen LogP contribution in [0.15, 0.2) is 30.3 Å². The van der Waals surface area contributed by atoms with Gasteiger partial charge in [-0.25, -0.2) is 4.79 Å². The van der Waals surface area contributed by atoms with Crippen molar-refractivity contribution in [2.75, 3.05) is 19.9 Å². The molecule has 6 heteroatoms. The summed E-state index contributed by atoms with van der Waals surface area (Å²) in [5.41, 5.74) is 1.17. The molecule has 0 aliphatic rings. The highest BCUT2D eigenvalue weighted by molar-refractivity contribution is 8.22. The van der Waals surface area contributed by atoms with Crippen molar-refractivity contribution in [2.45, 2.75) is 19.4 Å². The summed E-state index contributed by atoms with van der Waals surface area (Å²) in [6, 6.07) is 9.97. The Morgan fingerprint density at radius 2 is 2.05 bits per heavy atom. The molecule has 1 rings (SSSR count). The number of hydrogen-bond donors (Lipinski definition) is 0. The first kappa shape index (κ1) is 16.9. The number of ether oxygens (including phenoxy) is 1. The number of nitrogens with zero attached hydrogens (tertiary/aromatic N) is 1. The molecule has 0 aromatic heterocycles. The molecule has 0 radical (unpaired) electrons. The molecular weight excluding hydrogens is 294 g/mol. The summed E-state index contributed by atoms with van der Waals surface area (Å²) in [5, 5.41) is 1.28. The van der Waals surface area contributed by atoms with Crippen LogP contribution in [0, 0.1) is 0 Å². The minimum Gasteiger partial charge on any atom is -0.366 e. The van der Waals surface area contributed by atoms with Gasteiger partial charge < -0.3 is 9.57 Å². The van der Waals surface area contributed by atoms with Crippen molar-refractivity contribution in [3.63, 3.8) is 0 Å². The fourth-order valence-corrected chi connectivity index (χ4v) is 1.77. The summed E-state index contributed by atoms with van der Waals surface area (Å²) in [4.78, 5) is 16.8. The van der Waals surface area contributed by atoms with E-state index in [2.05, 4.69) is 0 Å². The maximum Gasteiger partial charge on any atom is 0.360 e. The SMILES string of the molecule is CSC(=S)N(C)OC(=O)C(C)OCCc1ccccc1. The normalized spacial score (nSPS) is 11.8. The van der Waals surface area contributed by atoms with Crippen molar-refractivity contribution in [3.05, 3.63) is 35.9 Å². The first-order valence-electron chi connectivity index (χ1n) is 6.23. The van der Waals surface area contributed by atoms with Crippen LogP contribution in [0.4, 0.5) is 0 Å². The predicted molar refractivity (Wildman–Crippen MR) is 85.5 cm³/mol. The molecule has 0 saturated heterocycles. The molecule has 0 spiro atoms. The molecule has 0 fully saturated rings. The van der Waals surface area contributed by atoms with E-state index in [1.165, 1.54) is 22.4 Å². The third-order valence-electron chi connectivity index (χ3n) is 2.59. The Balaban J connectivity index is 2.30. The fraction of sp³-hybridized carbons (Fsp3) is 0.429. The largest absolute Gasteiger partial charge is 0.366 e. The third kappa shape index (κ3) is 5.90. The Kier molecular flexibility index (Phi) is 7.58. The van der Waals surface area contributed by atoms with Crippen LogP contribution in [0.1, 0.15) is 12.5 Å². The molecule has 20 heavy (non-hydrogen) atoms. The van der Waals surface area contributed by atoms with Crippen LogP contribution in [0.2, 0.25) is 0 Å². The molecule has 0 N–H and O–H groups in total. The molecular formula is C14H19NO3S2. The Hall–Kier alpha value is -1.11. The van der Waals surface area contributed by atoms with Gasteiger partial charge in [-0.3, -0.25) is 0 Å². The number of thioether (sulfide) groups is 1. The van der Waals surface area contributed by atoms with Crippen LogP contribution in [0.5, 0.6) is 0 Å². The molecule has 0 saturated carbocycles. The summed E-state index contributed by atoms with van der Waals surface area (Å²) in [7, 11) is 1.60. The van der Waals surface area contributed by atoms with E-state index < -0.39 is 12.1 Å². The van der Waals surface area contributed by atoms with Gasteiger partial charge in [0.2, 0.25) is 0 Å². The van der Waals surface area contributed by atoms with E-state index in [4.69, 9.17) is 21.8 Å². The predicted octanol–water partition coefficient (Wildman–Crippen LogP) is 2.67.